The highest BCUT2D eigenvalue weighted by Gasteiger charge is 2.30. The monoisotopic (exact) mass is 471 g/mol. The molecule has 0 saturated carbocycles. The Morgan fingerprint density at radius 3 is 2.28 bits per heavy atom. The van der Waals surface area contributed by atoms with Gasteiger partial charge in [0.25, 0.3) is 0 Å². The Morgan fingerprint density at radius 2 is 1.47 bits per heavy atom. The second kappa shape index (κ2) is 9.12. The number of nitrogens with zero attached hydrogens (tertiary/aromatic N) is 2. The Bertz CT molecular complexity index is 1750. The first-order valence-electron chi connectivity index (χ1n) is 11.8. The number of carbonyl (C=O) groups excluding carboxylic acids is 1. The Balaban J connectivity index is 1.55. The van der Waals surface area contributed by atoms with Crippen LogP contribution in [0.25, 0.3) is 22.0 Å². The van der Waals surface area contributed by atoms with Crippen molar-refractivity contribution >= 4 is 27.8 Å². The summed E-state index contributed by atoms with van der Waals surface area (Å²) in [5.74, 6) is 0.0185. The number of fused-ring (bicyclic) bond motifs is 2. The lowest BCUT2D eigenvalue weighted by atomic mass is 9.98. The van der Waals surface area contributed by atoms with Crippen molar-refractivity contribution in [2.75, 3.05) is 0 Å². The van der Waals surface area contributed by atoms with Crippen molar-refractivity contribution in [3.63, 3.8) is 0 Å². The Morgan fingerprint density at radius 1 is 0.806 bits per heavy atom. The Hall–Kier alpha value is -4.77. The van der Waals surface area contributed by atoms with Gasteiger partial charge in [-0.1, -0.05) is 91.0 Å². The molecule has 174 valence electrons. The second-order valence-electron chi connectivity index (χ2n) is 8.77. The smallest absolute Gasteiger partial charge is 0.344 e. The number of Topliss-reactive ketones (excluding diaryl/α,β-unsaturated/α-hetero) is 1. The van der Waals surface area contributed by atoms with Crippen molar-refractivity contribution < 1.29 is 13.8 Å². The predicted molar refractivity (Wildman–Crippen MR) is 139 cm³/mol. The molecule has 0 aliphatic carbocycles. The van der Waals surface area contributed by atoms with Gasteiger partial charge in [-0.05, 0) is 24.3 Å². The van der Waals surface area contributed by atoms with Gasteiger partial charge in [0, 0.05) is 16.5 Å². The zero-order chi connectivity index (χ0) is 24.5. The topological polar surface area (TPSA) is 56.1 Å². The highest BCUT2D eigenvalue weighted by molar-refractivity contribution is 5.95. The van der Waals surface area contributed by atoms with Crippen LogP contribution in [-0.4, -0.2) is 10.4 Å². The first-order chi connectivity index (χ1) is 17.7. The first kappa shape index (κ1) is 21.7. The van der Waals surface area contributed by atoms with Gasteiger partial charge in [0.1, 0.15) is 5.58 Å². The number of aromatic nitrogens is 2. The zero-order valence-corrected chi connectivity index (χ0v) is 19.5. The molecule has 2 heterocycles. The molecule has 0 bridgehead atoms. The van der Waals surface area contributed by atoms with Crippen molar-refractivity contribution in [2.45, 2.75) is 12.6 Å². The molecule has 0 N–H and O–H groups in total. The third-order valence-corrected chi connectivity index (χ3v) is 6.50. The maximum absolute atomic E-state index is 13.3. The number of imidazole rings is 1. The minimum atomic E-state index is -0.440. The Labute approximate surface area is 207 Å². The minimum Gasteiger partial charge on any atom is -0.422 e. The number of hydrogen-bond donors (Lipinski definition) is 0. The van der Waals surface area contributed by atoms with Crippen LogP contribution in [0, 0.1) is 0 Å². The molecular weight excluding hydrogens is 448 g/mol. The van der Waals surface area contributed by atoms with Crippen LogP contribution in [0.2, 0.25) is 0 Å². The Kier molecular flexibility index (Phi) is 5.51. The van der Waals surface area contributed by atoms with E-state index in [2.05, 4.69) is 4.57 Å². The van der Waals surface area contributed by atoms with Crippen molar-refractivity contribution in [1.29, 1.82) is 0 Å². The predicted octanol–water partition coefficient (Wildman–Crippen LogP) is 5.56. The highest BCUT2D eigenvalue weighted by atomic mass is 16.4. The van der Waals surface area contributed by atoms with E-state index in [9.17, 15) is 9.59 Å². The van der Waals surface area contributed by atoms with Gasteiger partial charge in [-0.15, -0.1) is 0 Å². The van der Waals surface area contributed by atoms with Gasteiger partial charge < -0.3 is 4.42 Å². The van der Waals surface area contributed by atoms with E-state index in [0.717, 1.165) is 22.0 Å². The van der Waals surface area contributed by atoms with Gasteiger partial charge in [-0.2, -0.15) is 0 Å². The first-order valence-corrected chi connectivity index (χ1v) is 11.8. The molecule has 1 unspecified atom stereocenters. The summed E-state index contributed by atoms with van der Waals surface area (Å²) in [7, 11) is 0. The van der Waals surface area contributed by atoms with Gasteiger partial charge in [0.2, 0.25) is 12.1 Å². The van der Waals surface area contributed by atoms with Crippen LogP contribution in [0.15, 0.2) is 131 Å². The lowest BCUT2D eigenvalue weighted by Gasteiger charge is -2.15. The summed E-state index contributed by atoms with van der Waals surface area (Å²) in [4.78, 5) is 26.4. The van der Waals surface area contributed by atoms with Crippen LogP contribution in [0.4, 0.5) is 0 Å². The van der Waals surface area contributed by atoms with Gasteiger partial charge in [-0.3, -0.25) is 4.79 Å². The number of hydrogen-bond acceptors (Lipinski definition) is 3. The third kappa shape index (κ3) is 3.91. The van der Waals surface area contributed by atoms with E-state index in [0.29, 0.717) is 16.7 Å². The molecule has 0 aliphatic rings. The molecule has 0 amide bonds. The molecule has 4 aromatic carbocycles. The van der Waals surface area contributed by atoms with E-state index in [1.54, 1.807) is 6.07 Å². The summed E-state index contributed by atoms with van der Waals surface area (Å²) in [6.45, 7) is 0.186. The fourth-order valence-corrected chi connectivity index (χ4v) is 4.80. The summed E-state index contributed by atoms with van der Waals surface area (Å²) < 4.78 is 9.74. The number of rotatable bonds is 6. The van der Waals surface area contributed by atoms with Crippen molar-refractivity contribution in [2.24, 2.45) is 0 Å². The lowest BCUT2D eigenvalue weighted by Crippen LogP contribution is -2.37. The quantitative estimate of drug-likeness (QED) is 0.182. The summed E-state index contributed by atoms with van der Waals surface area (Å²) in [5.41, 5.74) is 4.14. The molecule has 0 radical (unpaired) electrons. The van der Waals surface area contributed by atoms with E-state index < -0.39 is 6.04 Å². The molecule has 5 heteroatoms. The van der Waals surface area contributed by atoms with Gasteiger partial charge in [-0.25, -0.2) is 13.9 Å². The van der Waals surface area contributed by atoms with E-state index in [1.165, 1.54) is 0 Å². The van der Waals surface area contributed by atoms with Crippen molar-refractivity contribution in [1.82, 2.24) is 4.57 Å². The second-order valence-corrected chi connectivity index (χ2v) is 8.77. The molecule has 1 atom stereocenters. The fourth-order valence-electron chi connectivity index (χ4n) is 4.80. The minimum absolute atomic E-state index is 0.0185. The van der Waals surface area contributed by atoms with E-state index in [-0.39, 0.29) is 18.0 Å². The van der Waals surface area contributed by atoms with Crippen LogP contribution < -0.4 is 10.2 Å². The van der Waals surface area contributed by atoms with Gasteiger partial charge in [0.05, 0.1) is 5.56 Å². The SMILES string of the molecule is O=C(C[n+]1cn(C(c2ccccc2)c2cc3ccccc3oc2=O)c2ccccc21)c1ccccc1. The maximum Gasteiger partial charge on any atom is 0.344 e. The van der Waals surface area contributed by atoms with Crippen LogP contribution in [0.1, 0.15) is 27.5 Å². The lowest BCUT2D eigenvalue weighted by molar-refractivity contribution is -0.658. The number of para-hydroxylation sites is 3. The number of benzene rings is 4. The molecule has 5 nitrogen and oxygen atoms in total. The molecule has 2 aromatic heterocycles. The summed E-state index contributed by atoms with van der Waals surface area (Å²) >= 11 is 0. The molecule has 6 rings (SSSR count). The fraction of sp³-hybridized carbons (Fsp3) is 0.0645. The maximum atomic E-state index is 13.3. The molecule has 0 saturated heterocycles. The molecule has 0 fully saturated rings. The van der Waals surface area contributed by atoms with E-state index in [4.69, 9.17) is 4.42 Å². The average molecular weight is 472 g/mol. The molecule has 36 heavy (non-hydrogen) atoms. The van der Waals surface area contributed by atoms with E-state index >= 15 is 0 Å². The summed E-state index contributed by atoms with van der Waals surface area (Å²) in [6.07, 6.45) is 1.93. The van der Waals surface area contributed by atoms with Crippen LogP contribution in [0.3, 0.4) is 0 Å². The van der Waals surface area contributed by atoms with Crippen molar-refractivity contribution in [3.05, 3.63) is 149 Å². The standard InChI is InChI=1S/C31H23N2O3/c34-28(22-11-3-1-4-12-22)20-32-21-33(27-17-9-8-16-26(27)32)30(23-13-5-2-6-14-23)25-19-24-15-7-10-18-29(24)36-31(25)35/h1-19,21,30H,20H2/q+1. The molecule has 0 aliphatic heterocycles. The van der Waals surface area contributed by atoms with Crippen LogP contribution in [0.5, 0.6) is 0 Å². The van der Waals surface area contributed by atoms with Crippen LogP contribution >= 0.6 is 0 Å². The summed E-state index contributed by atoms with van der Waals surface area (Å²) in [5, 5.41) is 0.858. The highest BCUT2D eigenvalue weighted by Crippen LogP contribution is 2.29. The van der Waals surface area contributed by atoms with Gasteiger partial charge >= 0.3 is 5.63 Å². The van der Waals surface area contributed by atoms with Crippen molar-refractivity contribution in [3.8, 4) is 0 Å². The third-order valence-electron chi connectivity index (χ3n) is 6.50. The summed E-state index contributed by atoms with van der Waals surface area (Å²) in [6, 6.07) is 36.1. The average Bonchev–Trinajstić information content (AvgIpc) is 3.28. The zero-order valence-electron chi connectivity index (χ0n) is 19.5. The number of ketones is 1. The number of carbonyl (C=O) groups is 1. The molecule has 6 aromatic rings. The van der Waals surface area contributed by atoms with E-state index in [1.807, 2.05) is 120 Å². The van der Waals surface area contributed by atoms with Crippen LogP contribution in [-0.2, 0) is 6.54 Å². The largest absolute Gasteiger partial charge is 0.422 e. The molecule has 0 spiro atoms. The molecular formula is C31H23N2O3+. The van der Waals surface area contributed by atoms with Gasteiger partial charge in [0.15, 0.2) is 23.6 Å². The normalized spacial score (nSPS) is 12.1.